The number of benzene rings is 3. The summed E-state index contributed by atoms with van der Waals surface area (Å²) in [6, 6.07) is 14.9. The van der Waals surface area contributed by atoms with Gasteiger partial charge in [0, 0.05) is 10.5 Å². The molecule has 3 aromatic rings. The number of hydrogen-bond acceptors (Lipinski definition) is 9. The van der Waals surface area contributed by atoms with Crippen LogP contribution in [-0.4, -0.2) is 33.0 Å². The van der Waals surface area contributed by atoms with Crippen LogP contribution in [0.4, 0.5) is 16.2 Å². The van der Waals surface area contributed by atoms with Crippen molar-refractivity contribution in [2.45, 2.75) is 6.54 Å². The number of nitro groups is 2. The molecule has 1 aliphatic heterocycles. The molecule has 37 heavy (non-hydrogen) atoms. The van der Waals surface area contributed by atoms with E-state index in [0.29, 0.717) is 5.56 Å². The van der Waals surface area contributed by atoms with Crippen LogP contribution in [0.5, 0.6) is 17.2 Å². The molecule has 4 rings (SSSR count). The van der Waals surface area contributed by atoms with Gasteiger partial charge in [0.1, 0.15) is 0 Å². The van der Waals surface area contributed by atoms with E-state index in [-0.39, 0.29) is 28.7 Å². The predicted octanol–water partition coefficient (Wildman–Crippen LogP) is 6.30. The van der Waals surface area contributed by atoms with Gasteiger partial charge < -0.3 is 9.47 Å². The van der Waals surface area contributed by atoms with Gasteiger partial charge in [-0.3, -0.25) is 34.7 Å². The normalized spacial score (nSPS) is 14.2. The maximum Gasteiger partial charge on any atom is 0.318 e. The molecule has 13 heteroatoms. The summed E-state index contributed by atoms with van der Waals surface area (Å²) in [5.74, 6) is -0.343. The Hall–Kier alpha value is -4.23. The number of hydrogen-bond donors (Lipinski definition) is 0. The number of thioether (sulfide) groups is 1. The van der Waals surface area contributed by atoms with Crippen LogP contribution in [0.1, 0.15) is 11.1 Å². The van der Waals surface area contributed by atoms with Crippen molar-refractivity contribution in [1.29, 1.82) is 0 Å². The quantitative estimate of drug-likeness (QED) is 0.169. The third kappa shape index (κ3) is 5.78. The zero-order valence-corrected chi connectivity index (χ0v) is 21.4. The fraction of sp³-hybridized carbons (Fsp3) is 0.0833. The van der Waals surface area contributed by atoms with Gasteiger partial charge in [-0.25, -0.2) is 0 Å². The second-order valence-corrected chi connectivity index (χ2v) is 9.48. The van der Waals surface area contributed by atoms with Crippen LogP contribution in [0.3, 0.4) is 0 Å². The Morgan fingerprint density at radius 2 is 1.65 bits per heavy atom. The molecule has 3 aromatic carbocycles. The molecule has 1 aliphatic rings. The van der Waals surface area contributed by atoms with Crippen LogP contribution in [0, 0.1) is 20.2 Å². The van der Waals surface area contributed by atoms with E-state index in [1.807, 2.05) is 24.3 Å². The van der Waals surface area contributed by atoms with Gasteiger partial charge in [0.2, 0.25) is 5.75 Å². The first-order valence-corrected chi connectivity index (χ1v) is 12.1. The van der Waals surface area contributed by atoms with Crippen molar-refractivity contribution >= 4 is 56.3 Å². The molecule has 0 N–H and O–H groups in total. The highest BCUT2D eigenvalue weighted by Gasteiger charge is 2.35. The fourth-order valence-electron chi connectivity index (χ4n) is 3.39. The lowest BCUT2D eigenvalue weighted by atomic mass is 10.1. The molecular formula is C24H16BrN3O8S. The molecule has 0 saturated carbocycles. The van der Waals surface area contributed by atoms with E-state index < -0.39 is 32.4 Å². The molecule has 0 unspecified atom stereocenters. The zero-order chi connectivity index (χ0) is 26.7. The Labute approximate surface area is 222 Å². The van der Waals surface area contributed by atoms with E-state index in [1.54, 1.807) is 6.07 Å². The first kappa shape index (κ1) is 25.9. The van der Waals surface area contributed by atoms with Crippen LogP contribution in [-0.2, 0) is 11.3 Å². The number of rotatable bonds is 8. The molecule has 0 spiro atoms. The highest BCUT2D eigenvalue weighted by Crippen LogP contribution is 2.39. The summed E-state index contributed by atoms with van der Waals surface area (Å²) in [6.45, 7) is 0.138. The monoisotopic (exact) mass is 585 g/mol. The molecule has 0 bridgehead atoms. The molecule has 0 radical (unpaired) electrons. The third-order valence-electron chi connectivity index (χ3n) is 5.18. The average Bonchev–Trinajstić information content (AvgIpc) is 3.13. The van der Waals surface area contributed by atoms with Crippen LogP contribution in [0.2, 0.25) is 0 Å². The SMILES string of the molecule is COc1cc(/C=C2\SC(=O)N(Cc3ccc(Br)cc3)C2=O)ccc1Oc1ccc([N+](=O)[O-])cc1[N+](=O)[O-]. The van der Waals surface area contributed by atoms with Crippen molar-refractivity contribution in [2.75, 3.05) is 7.11 Å². The lowest BCUT2D eigenvalue weighted by Crippen LogP contribution is -2.27. The number of nitro benzene ring substituents is 2. The van der Waals surface area contributed by atoms with Gasteiger partial charge in [0.25, 0.3) is 16.8 Å². The smallest absolute Gasteiger partial charge is 0.318 e. The molecule has 2 amide bonds. The van der Waals surface area contributed by atoms with Gasteiger partial charge in [-0.05, 0) is 59.3 Å². The zero-order valence-electron chi connectivity index (χ0n) is 19.0. The standard InChI is InChI=1S/C24H16BrN3O8S/c1-35-21-10-15(4-8-20(21)36-19-9-7-17(27(31)32)12-18(19)28(33)34)11-22-23(29)26(24(30)37-22)13-14-2-5-16(25)6-3-14/h2-12H,13H2,1H3/b22-11-. The van der Waals surface area contributed by atoms with Crippen LogP contribution in [0.15, 0.2) is 70.0 Å². The van der Waals surface area contributed by atoms with E-state index in [2.05, 4.69) is 15.9 Å². The van der Waals surface area contributed by atoms with Gasteiger partial charge in [-0.2, -0.15) is 0 Å². The summed E-state index contributed by atoms with van der Waals surface area (Å²) in [5, 5.41) is 22.0. The number of halogens is 1. The van der Waals surface area contributed by atoms with E-state index in [4.69, 9.17) is 9.47 Å². The molecule has 0 aromatic heterocycles. The molecule has 1 heterocycles. The molecule has 0 aliphatic carbocycles. The minimum atomic E-state index is -0.784. The first-order chi connectivity index (χ1) is 17.7. The topological polar surface area (TPSA) is 142 Å². The lowest BCUT2D eigenvalue weighted by Gasteiger charge is -2.12. The summed E-state index contributed by atoms with van der Waals surface area (Å²) in [4.78, 5) is 47.5. The minimum Gasteiger partial charge on any atom is -0.493 e. The molecule has 1 fully saturated rings. The lowest BCUT2D eigenvalue weighted by molar-refractivity contribution is -0.394. The summed E-state index contributed by atoms with van der Waals surface area (Å²) in [5.41, 5.74) is 0.294. The maximum absolute atomic E-state index is 12.9. The van der Waals surface area contributed by atoms with Gasteiger partial charge in [-0.15, -0.1) is 0 Å². The minimum absolute atomic E-state index is 0.111. The highest BCUT2D eigenvalue weighted by molar-refractivity contribution is 9.10. The Morgan fingerprint density at radius 1 is 0.946 bits per heavy atom. The summed E-state index contributed by atoms with van der Waals surface area (Å²) < 4.78 is 11.9. The number of imide groups is 1. The summed E-state index contributed by atoms with van der Waals surface area (Å²) in [7, 11) is 1.36. The van der Waals surface area contributed by atoms with Gasteiger partial charge in [0.15, 0.2) is 11.5 Å². The Kier molecular flexibility index (Phi) is 7.55. The highest BCUT2D eigenvalue weighted by atomic mass is 79.9. The number of amides is 2. The number of methoxy groups -OCH3 is 1. The van der Waals surface area contributed by atoms with E-state index in [1.165, 1.54) is 25.3 Å². The fourth-order valence-corrected chi connectivity index (χ4v) is 4.49. The third-order valence-corrected chi connectivity index (χ3v) is 6.62. The van der Waals surface area contributed by atoms with Crippen molar-refractivity contribution in [3.8, 4) is 17.2 Å². The van der Waals surface area contributed by atoms with Gasteiger partial charge >= 0.3 is 5.69 Å². The Morgan fingerprint density at radius 3 is 2.30 bits per heavy atom. The molecular weight excluding hydrogens is 570 g/mol. The summed E-state index contributed by atoms with van der Waals surface area (Å²) in [6.07, 6.45) is 1.53. The number of non-ortho nitro benzene ring substituents is 1. The van der Waals surface area contributed by atoms with Gasteiger partial charge in [-0.1, -0.05) is 34.1 Å². The second kappa shape index (κ2) is 10.8. The van der Waals surface area contributed by atoms with E-state index >= 15 is 0 Å². The number of carbonyl (C=O) groups is 2. The predicted molar refractivity (Wildman–Crippen MR) is 138 cm³/mol. The van der Waals surface area contributed by atoms with Crippen molar-refractivity contribution < 1.29 is 28.9 Å². The Balaban J connectivity index is 1.57. The number of nitrogens with zero attached hydrogens (tertiary/aromatic N) is 3. The van der Waals surface area contributed by atoms with E-state index in [9.17, 15) is 29.8 Å². The Bertz CT molecular complexity index is 1460. The average molecular weight is 586 g/mol. The molecule has 1 saturated heterocycles. The van der Waals surface area contributed by atoms with Crippen LogP contribution >= 0.6 is 27.7 Å². The maximum atomic E-state index is 12.9. The largest absolute Gasteiger partial charge is 0.493 e. The van der Waals surface area contributed by atoms with Crippen LogP contribution in [0.25, 0.3) is 6.08 Å². The molecule has 0 atom stereocenters. The van der Waals surface area contributed by atoms with E-state index in [0.717, 1.165) is 44.9 Å². The second-order valence-electron chi connectivity index (χ2n) is 7.57. The van der Waals surface area contributed by atoms with Crippen molar-refractivity contribution in [3.05, 3.63) is 101 Å². The summed E-state index contributed by atoms with van der Waals surface area (Å²) >= 11 is 4.16. The van der Waals surface area contributed by atoms with Gasteiger partial charge in [0.05, 0.1) is 34.5 Å². The first-order valence-electron chi connectivity index (χ1n) is 10.4. The molecule has 188 valence electrons. The number of ether oxygens (including phenoxy) is 2. The molecule has 11 nitrogen and oxygen atoms in total. The number of carbonyl (C=O) groups excluding carboxylic acids is 2. The van der Waals surface area contributed by atoms with Crippen molar-refractivity contribution in [2.24, 2.45) is 0 Å². The van der Waals surface area contributed by atoms with Crippen LogP contribution < -0.4 is 9.47 Å². The van der Waals surface area contributed by atoms with Crippen molar-refractivity contribution in [3.63, 3.8) is 0 Å². The van der Waals surface area contributed by atoms with Crippen molar-refractivity contribution in [1.82, 2.24) is 4.90 Å².